The molecule has 5 nitrogen and oxygen atoms in total. The largest absolute Gasteiger partial charge is 0.395 e. The highest BCUT2D eigenvalue weighted by molar-refractivity contribution is 5.89. The van der Waals surface area contributed by atoms with Gasteiger partial charge >= 0.3 is 6.03 Å². The fourth-order valence-electron chi connectivity index (χ4n) is 4.90. The van der Waals surface area contributed by atoms with E-state index < -0.39 is 5.82 Å². The summed E-state index contributed by atoms with van der Waals surface area (Å²) in [4.78, 5) is 17.1. The predicted octanol–water partition coefficient (Wildman–Crippen LogP) is 4.32. The third kappa shape index (κ3) is 4.50. The Morgan fingerprint density at radius 1 is 1.16 bits per heavy atom. The number of nitrogens with one attached hydrogen (secondary N) is 1. The summed E-state index contributed by atoms with van der Waals surface area (Å²) in [6.45, 7) is 4.21. The van der Waals surface area contributed by atoms with Gasteiger partial charge in [-0.05, 0) is 49.6 Å². The molecule has 2 aliphatic heterocycles. The third-order valence-corrected chi connectivity index (χ3v) is 6.45. The number of aliphatic hydroxyl groups excluding tert-OH is 1. The number of benzene rings is 2. The van der Waals surface area contributed by atoms with E-state index in [-0.39, 0.29) is 36.3 Å². The molecule has 4 rings (SSSR count). The quantitative estimate of drug-likeness (QED) is 0.770. The molecule has 0 aromatic heterocycles. The average molecular weight is 424 g/mol. The summed E-state index contributed by atoms with van der Waals surface area (Å²) in [7, 11) is 0. The smallest absolute Gasteiger partial charge is 0.321 e. The lowest BCUT2D eigenvalue weighted by Crippen LogP contribution is -2.68. The van der Waals surface area contributed by atoms with Crippen LogP contribution in [0.5, 0.6) is 0 Å². The molecule has 164 valence electrons. The fraction of sp³-hybridized carbons (Fsp3) is 0.400. The SMILES string of the molecule is C/C=C/c1ccc([C@H]2[C@@H](CO)N3CCCCN(C(=O)Nc4ccccc4F)C[C@@H]23)cc1. The summed E-state index contributed by atoms with van der Waals surface area (Å²) in [6.07, 6.45) is 5.92. The summed E-state index contributed by atoms with van der Waals surface area (Å²) in [5.41, 5.74) is 2.53. The topological polar surface area (TPSA) is 55.8 Å². The molecule has 31 heavy (non-hydrogen) atoms. The number of urea groups is 1. The second-order valence-electron chi connectivity index (χ2n) is 8.31. The number of para-hydroxylation sites is 1. The van der Waals surface area contributed by atoms with E-state index in [4.69, 9.17) is 0 Å². The molecule has 0 bridgehead atoms. The molecule has 0 unspecified atom stereocenters. The van der Waals surface area contributed by atoms with Crippen LogP contribution in [0.2, 0.25) is 0 Å². The van der Waals surface area contributed by atoms with Crippen molar-refractivity contribution in [3.63, 3.8) is 0 Å². The Balaban J connectivity index is 1.53. The monoisotopic (exact) mass is 423 g/mol. The van der Waals surface area contributed by atoms with Crippen molar-refractivity contribution in [2.24, 2.45) is 0 Å². The maximum Gasteiger partial charge on any atom is 0.321 e. The number of fused-ring (bicyclic) bond motifs is 1. The number of carbonyl (C=O) groups excluding carboxylic acids is 1. The molecular weight excluding hydrogens is 393 g/mol. The molecule has 0 saturated carbocycles. The maximum absolute atomic E-state index is 14.0. The zero-order chi connectivity index (χ0) is 21.8. The molecule has 2 heterocycles. The van der Waals surface area contributed by atoms with E-state index in [2.05, 4.69) is 40.6 Å². The van der Waals surface area contributed by atoms with Crippen molar-refractivity contribution >= 4 is 17.8 Å². The Hall–Kier alpha value is -2.70. The Morgan fingerprint density at radius 3 is 2.61 bits per heavy atom. The van der Waals surface area contributed by atoms with Crippen molar-refractivity contribution < 1.29 is 14.3 Å². The van der Waals surface area contributed by atoms with Gasteiger partial charge in [-0.25, -0.2) is 9.18 Å². The van der Waals surface area contributed by atoms with Gasteiger partial charge in [0.25, 0.3) is 0 Å². The van der Waals surface area contributed by atoms with Crippen LogP contribution in [0.1, 0.15) is 36.8 Å². The minimum absolute atomic E-state index is 0.0622. The predicted molar refractivity (Wildman–Crippen MR) is 121 cm³/mol. The molecule has 2 aromatic rings. The zero-order valence-corrected chi connectivity index (χ0v) is 17.9. The molecule has 0 aliphatic carbocycles. The van der Waals surface area contributed by atoms with Crippen molar-refractivity contribution in [2.45, 2.75) is 37.8 Å². The maximum atomic E-state index is 14.0. The van der Waals surface area contributed by atoms with E-state index >= 15 is 0 Å². The van der Waals surface area contributed by atoms with Gasteiger partial charge in [-0.3, -0.25) is 4.90 Å². The van der Waals surface area contributed by atoms with Gasteiger partial charge in [0.2, 0.25) is 0 Å². The van der Waals surface area contributed by atoms with Crippen molar-refractivity contribution in [1.29, 1.82) is 0 Å². The number of allylic oxidation sites excluding steroid dienone is 1. The normalized spacial score (nSPS) is 24.2. The van der Waals surface area contributed by atoms with Crippen LogP contribution in [0.3, 0.4) is 0 Å². The first kappa shape index (κ1) is 21.5. The van der Waals surface area contributed by atoms with Crippen molar-refractivity contribution in [1.82, 2.24) is 9.80 Å². The zero-order valence-electron chi connectivity index (χ0n) is 17.9. The minimum Gasteiger partial charge on any atom is -0.395 e. The standard InChI is InChI=1S/C25H30FN3O2/c1-2-7-18-10-12-19(13-11-18)24-22-16-28(14-5-6-15-29(22)23(24)17-30)25(31)27-21-9-4-3-8-20(21)26/h2-4,7-13,22-24,30H,5-6,14-17H2,1H3,(H,27,31)/b7-2+/t22-,23+,24+/m0/s1. The number of nitrogens with zero attached hydrogens (tertiary/aromatic N) is 2. The molecule has 0 spiro atoms. The number of halogens is 1. The van der Waals surface area contributed by atoms with Crippen LogP contribution in [0, 0.1) is 5.82 Å². The number of anilines is 1. The van der Waals surface area contributed by atoms with Gasteiger partial charge < -0.3 is 15.3 Å². The Labute approximate surface area is 183 Å². The van der Waals surface area contributed by atoms with Crippen LogP contribution in [0.15, 0.2) is 54.6 Å². The van der Waals surface area contributed by atoms with E-state index in [1.807, 2.05) is 13.0 Å². The van der Waals surface area contributed by atoms with E-state index in [1.54, 1.807) is 23.1 Å². The van der Waals surface area contributed by atoms with Gasteiger partial charge in [-0.15, -0.1) is 0 Å². The molecule has 2 saturated heterocycles. The summed E-state index contributed by atoms with van der Waals surface area (Å²) in [5, 5.41) is 12.8. The highest BCUT2D eigenvalue weighted by atomic mass is 19.1. The molecule has 2 aromatic carbocycles. The number of rotatable bonds is 4. The van der Waals surface area contributed by atoms with E-state index in [0.29, 0.717) is 13.1 Å². The van der Waals surface area contributed by atoms with Crippen molar-refractivity contribution in [2.75, 3.05) is 31.6 Å². The Morgan fingerprint density at radius 2 is 1.90 bits per heavy atom. The molecule has 2 aliphatic rings. The van der Waals surface area contributed by atoms with Gasteiger partial charge in [-0.2, -0.15) is 0 Å². The molecule has 0 radical (unpaired) electrons. The molecule has 3 atom stereocenters. The second-order valence-corrected chi connectivity index (χ2v) is 8.31. The van der Waals surface area contributed by atoms with Crippen molar-refractivity contribution in [3.05, 3.63) is 71.6 Å². The van der Waals surface area contributed by atoms with Gasteiger partial charge in [0.05, 0.1) is 12.3 Å². The third-order valence-electron chi connectivity index (χ3n) is 6.45. The first-order valence-electron chi connectivity index (χ1n) is 11.0. The lowest BCUT2D eigenvalue weighted by atomic mass is 9.74. The van der Waals surface area contributed by atoms with Gasteiger partial charge in [-0.1, -0.05) is 48.6 Å². The van der Waals surface area contributed by atoms with Gasteiger partial charge in [0.1, 0.15) is 5.82 Å². The van der Waals surface area contributed by atoms with Gasteiger partial charge in [0, 0.05) is 31.1 Å². The minimum atomic E-state index is -0.437. The van der Waals surface area contributed by atoms with Crippen LogP contribution in [-0.4, -0.2) is 59.3 Å². The Bertz CT molecular complexity index is 931. The lowest BCUT2D eigenvalue weighted by Gasteiger charge is -2.57. The lowest BCUT2D eigenvalue weighted by molar-refractivity contribution is -0.0585. The highest BCUT2D eigenvalue weighted by Gasteiger charge is 2.49. The Kier molecular flexibility index (Phi) is 6.68. The van der Waals surface area contributed by atoms with Crippen LogP contribution in [0.4, 0.5) is 14.9 Å². The van der Waals surface area contributed by atoms with Gasteiger partial charge in [0.15, 0.2) is 0 Å². The fourth-order valence-corrected chi connectivity index (χ4v) is 4.90. The number of amides is 2. The summed E-state index contributed by atoms with van der Waals surface area (Å²) in [6, 6.07) is 14.6. The second kappa shape index (κ2) is 9.62. The summed E-state index contributed by atoms with van der Waals surface area (Å²) < 4.78 is 14.0. The van der Waals surface area contributed by atoms with E-state index in [9.17, 15) is 14.3 Å². The molecule has 2 N–H and O–H groups in total. The van der Waals surface area contributed by atoms with Crippen LogP contribution < -0.4 is 5.32 Å². The first-order chi connectivity index (χ1) is 15.1. The number of hydrogen-bond donors (Lipinski definition) is 2. The van der Waals surface area contributed by atoms with Crippen LogP contribution in [-0.2, 0) is 0 Å². The van der Waals surface area contributed by atoms with E-state index in [1.165, 1.54) is 11.6 Å². The first-order valence-corrected chi connectivity index (χ1v) is 11.0. The molecule has 6 heteroatoms. The number of carbonyl (C=O) groups is 1. The molecular formula is C25H30FN3O2. The highest BCUT2D eigenvalue weighted by Crippen LogP contribution is 2.42. The average Bonchev–Trinajstić information content (AvgIpc) is 2.75. The summed E-state index contributed by atoms with van der Waals surface area (Å²) in [5.74, 6) is -0.279. The number of hydrogen-bond acceptors (Lipinski definition) is 3. The summed E-state index contributed by atoms with van der Waals surface area (Å²) >= 11 is 0. The van der Waals surface area contributed by atoms with E-state index in [0.717, 1.165) is 24.9 Å². The van der Waals surface area contributed by atoms with Crippen molar-refractivity contribution in [3.8, 4) is 0 Å². The molecule has 2 amide bonds. The van der Waals surface area contributed by atoms with Crippen LogP contribution in [0.25, 0.3) is 6.08 Å². The molecule has 2 fully saturated rings. The van der Waals surface area contributed by atoms with Crippen LogP contribution >= 0.6 is 0 Å². The number of aliphatic hydroxyl groups is 1.